The van der Waals surface area contributed by atoms with Crippen molar-refractivity contribution in [3.8, 4) is 0 Å². The van der Waals surface area contributed by atoms with Crippen molar-refractivity contribution >= 4 is 11.6 Å². The molecule has 1 saturated carbocycles. The highest BCUT2D eigenvalue weighted by atomic mass is 16.2. The molecule has 0 atom stereocenters. The summed E-state index contributed by atoms with van der Waals surface area (Å²) in [5.74, 6) is 0.000320. The Morgan fingerprint density at radius 2 is 2.10 bits per heavy atom. The molecule has 0 aromatic carbocycles. The second kappa shape index (κ2) is 6.70. The molecule has 2 rings (SSSR count). The summed E-state index contributed by atoms with van der Waals surface area (Å²) in [6.07, 6.45) is 4.14. The molecule has 0 aliphatic heterocycles. The van der Waals surface area contributed by atoms with Crippen LogP contribution in [-0.2, 0) is 0 Å². The SMILES string of the molecule is CCN(CC)C(=O)c1cc(N(CCN)C2CC2)ccn1. The molecule has 110 valence electrons. The van der Waals surface area contributed by atoms with Gasteiger partial charge in [-0.2, -0.15) is 0 Å². The van der Waals surface area contributed by atoms with E-state index in [1.54, 1.807) is 11.1 Å². The van der Waals surface area contributed by atoms with E-state index >= 15 is 0 Å². The van der Waals surface area contributed by atoms with Crippen LogP contribution in [0, 0.1) is 0 Å². The van der Waals surface area contributed by atoms with E-state index in [1.807, 2.05) is 26.0 Å². The van der Waals surface area contributed by atoms with Crippen molar-refractivity contribution in [2.75, 3.05) is 31.1 Å². The van der Waals surface area contributed by atoms with Gasteiger partial charge in [-0.3, -0.25) is 9.78 Å². The predicted molar refractivity (Wildman–Crippen MR) is 80.9 cm³/mol. The lowest BCUT2D eigenvalue weighted by atomic mass is 10.2. The van der Waals surface area contributed by atoms with Crippen molar-refractivity contribution in [3.63, 3.8) is 0 Å². The largest absolute Gasteiger partial charge is 0.367 e. The summed E-state index contributed by atoms with van der Waals surface area (Å²) in [4.78, 5) is 20.7. The Kier molecular flexibility index (Phi) is 4.95. The Bertz CT molecular complexity index is 455. The number of hydrogen-bond donors (Lipinski definition) is 1. The molecule has 0 spiro atoms. The number of nitrogens with two attached hydrogens (primary N) is 1. The van der Waals surface area contributed by atoms with Crippen LogP contribution in [0.1, 0.15) is 37.2 Å². The number of carbonyl (C=O) groups excluding carboxylic acids is 1. The van der Waals surface area contributed by atoms with Gasteiger partial charge >= 0.3 is 0 Å². The van der Waals surface area contributed by atoms with Crippen molar-refractivity contribution in [2.24, 2.45) is 5.73 Å². The number of nitrogens with zero attached hydrogens (tertiary/aromatic N) is 3. The number of rotatable bonds is 7. The fourth-order valence-corrected chi connectivity index (χ4v) is 2.44. The Labute approximate surface area is 120 Å². The molecule has 0 bridgehead atoms. The van der Waals surface area contributed by atoms with Crippen molar-refractivity contribution < 1.29 is 4.79 Å². The van der Waals surface area contributed by atoms with Crippen LogP contribution >= 0.6 is 0 Å². The maximum Gasteiger partial charge on any atom is 0.272 e. The van der Waals surface area contributed by atoms with Gasteiger partial charge in [-0.1, -0.05) is 0 Å². The standard InChI is InChI=1S/C15H24N4O/c1-3-18(4-2)15(20)14-11-13(7-9-17-14)19(10-8-16)12-5-6-12/h7,9,11-12H,3-6,8,10,16H2,1-2H3. The zero-order valence-corrected chi connectivity index (χ0v) is 12.4. The van der Waals surface area contributed by atoms with Gasteiger partial charge in [0.25, 0.3) is 5.91 Å². The van der Waals surface area contributed by atoms with Gasteiger partial charge in [0.15, 0.2) is 0 Å². The maximum absolute atomic E-state index is 12.3. The molecule has 0 unspecified atom stereocenters. The molecule has 1 aromatic heterocycles. The number of pyridine rings is 1. The number of carbonyl (C=O) groups is 1. The fourth-order valence-electron chi connectivity index (χ4n) is 2.44. The number of hydrogen-bond acceptors (Lipinski definition) is 4. The van der Waals surface area contributed by atoms with Gasteiger partial charge in [-0.15, -0.1) is 0 Å². The molecule has 5 nitrogen and oxygen atoms in total. The number of amides is 1. The Balaban J connectivity index is 2.20. The molecule has 1 fully saturated rings. The highest BCUT2D eigenvalue weighted by Gasteiger charge is 2.29. The Morgan fingerprint density at radius 3 is 2.65 bits per heavy atom. The zero-order valence-electron chi connectivity index (χ0n) is 12.4. The average molecular weight is 276 g/mol. The van der Waals surface area contributed by atoms with E-state index in [9.17, 15) is 4.79 Å². The fraction of sp³-hybridized carbons (Fsp3) is 0.600. The lowest BCUT2D eigenvalue weighted by Crippen LogP contribution is -2.33. The third kappa shape index (κ3) is 3.28. The zero-order chi connectivity index (χ0) is 14.5. The van der Waals surface area contributed by atoms with E-state index in [-0.39, 0.29) is 5.91 Å². The van der Waals surface area contributed by atoms with E-state index in [1.165, 1.54) is 12.8 Å². The van der Waals surface area contributed by atoms with Crippen LogP contribution in [0.15, 0.2) is 18.3 Å². The highest BCUT2D eigenvalue weighted by Crippen LogP contribution is 2.31. The first-order valence-electron chi connectivity index (χ1n) is 7.43. The normalized spacial score (nSPS) is 14.2. The smallest absolute Gasteiger partial charge is 0.272 e. The van der Waals surface area contributed by atoms with Crippen molar-refractivity contribution in [3.05, 3.63) is 24.0 Å². The lowest BCUT2D eigenvalue weighted by Gasteiger charge is -2.25. The van der Waals surface area contributed by atoms with Gasteiger partial charge in [0, 0.05) is 44.1 Å². The van der Waals surface area contributed by atoms with Crippen molar-refractivity contribution in [2.45, 2.75) is 32.7 Å². The van der Waals surface area contributed by atoms with E-state index in [4.69, 9.17) is 5.73 Å². The molecule has 1 aromatic rings. The Morgan fingerprint density at radius 1 is 1.40 bits per heavy atom. The molecule has 20 heavy (non-hydrogen) atoms. The van der Waals surface area contributed by atoms with Crippen LogP contribution in [0.25, 0.3) is 0 Å². The maximum atomic E-state index is 12.3. The second-order valence-electron chi connectivity index (χ2n) is 5.09. The molecular formula is C15H24N4O. The molecule has 1 heterocycles. The molecule has 0 saturated heterocycles. The van der Waals surface area contributed by atoms with Crippen LogP contribution in [0.4, 0.5) is 5.69 Å². The van der Waals surface area contributed by atoms with Crippen LogP contribution in [-0.4, -0.2) is 48.0 Å². The van der Waals surface area contributed by atoms with Gasteiger partial charge in [0.05, 0.1) is 0 Å². The van der Waals surface area contributed by atoms with Gasteiger partial charge < -0.3 is 15.5 Å². The number of anilines is 1. The molecule has 2 N–H and O–H groups in total. The first-order valence-corrected chi connectivity index (χ1v) is 7.43. The quantitative estimate of drug-likeness (QED) is 0.819. The van der Waals surface area contributed by atoms with Gasteiger partial charge in [0.1, 0.15) is 5.69 Å². The lowest BCUT2D eigenvalue weighted by molar-refractivity contribution is 0.0767. The van der Waals surface area contributed by atoms with Crippen LogP contribution < -0.4 is 10.6 Å². The second-order valence-corrected chi connectivity index (χ2v) is 5.09. The first kappa shape index (κ1) is 14.8. The monoisotopic (exact) mass is 276 g/mol. The molecule has 0 radical (unpaired) electrons. The summed E-state index contributed by atoms with van der Waals surface area (Å²) in [5, 5.41) is 0. The topological polar surface area (TPSA) is 62.5 Å². The van der Waals surface area contributed by atoms with Crippen LogP contribution in [0.3, 0.4) is 0 Å². The number of aromatic nitrogens is 1. The third-order valence-corrected chi connectivity index (χ3v) is 3.70. The Hall–Kier alpha value is -1.62. The molecule has 5 heteroatoms. The van der Waals surface area contributed by atoms with Crippen molar-refractivity contribution in [1.82, 2.24) is 9.88 Å². The minimum Gasteiger partial charge on any atom is -0.367 e. The molecule has 1 amide bonds. The highest BCUT2D eigenvalue weighted by molar-refractivity contribution is 5.93. The van der Waals surface area contributed by atoms with Crippen molar-refractivity contribution in [1.29, 1.82) is 0 Å². The van der Waals surface area contributed by atoms with Gasteiger partial charge in [-0.05, 0) is 38.8 Å². The van der Waals surface area contributed by atoms with E-state index in [0.717, 1.165) is 12.2 Å². The van der Waals surface area contributed by atoms with Crippen LogP contribution in [0.2, 0.25) is 0 Å². The van der Waals surface area contributed by atoms with Gasteiger partial charge in [-0.25, -0.2) is 0 Å². The van der Waals surface area contributed by atoms with E-state index in [2.05, 4.69) is 9.88 Å². The predicted octanol–water partition coefficient (Wildman–Crippen LogP) is 1.49. The molecular weight excluding hydrogens is 252 g/mol. The summed E-state index contributed by atoms with van der Waals surface area (Å²) >= 11 is 0. The van der Waals surface area contributed by atoms with Gasteiger partial charge in [0.2, 0.25) is 0 Å². The summed E-state index contributed by atoms with van der Waals surface area (Å²) in [6.45, 7) is 6.82. The summed E-state index contributed by atoms with van der Waals surface area (Å²) in [6, 6.07) is 4.44. The third-order valence-electron chi connectivity index (χ3n) is 3.70. The average Bonchev–Trinajstić information content (AvgIpc) is 3.30. The minimum absolute atomic E-state index is 0.000320. The minimum atomic E-state index is 0.000320. The summed E-state index contributed by atoms with van der Waals surface area (Å²) in [7, 11) is 0. The van der Waals surface area contributed by atoms with E-state index in [0.29, 0.717) is 31.4 Å². The summed E-state index contributed by atoms with van der Waals surface area (Å²) in [5.41, 5.74) is 7.27. The summed E-state index contributed by atoms with van der Waals surface area (Å²) < 4.78 is 0. The first-order chi connectivity index (χ1) is 9.71. The van der Waals surface area contributed by atoms with E-state index < -0.39 is 0 Å². The molecule has 1 aliphatic carbocycles. The van der Waals surface area contributed by atoms with Crippen LogP contribution in [0.5, 0.6) is 0 Å². The molecule has 1 aliphatic rings.